The molecule has 0 saturated carbocycles. The Hall–Kier alpha value is -2.17. The molecule has 0 aliphatic rings. The highest BCUT2D eigenvalue weighted by atomic mass is 16.6. The van der Waals surface area contributed by atoms with Gasteiger partial charge in [-0.1, -0.05) is 12.1 Å². The second kappa shape index (κ2) is 2.66. The van der Waals surface area contributed by atoms with E-state index in [1.54, 1.807) is 6.07 Å². The number of hydrogen-bond acceptors (Lipinski definition) is 4. The van der Waals surface area contributed by atoms with Gasteiger partial charge in [-0.3, -0.25) is 14.9 Å². The maximum absolute atomic E-state index is 10.8. The van der Waals surface area contributed by atoms with E-state index in [0.29, 0.717) is 0 Å². The lowest BCUT2D eigenvalue weighted by Gasteiger charge is -1.94. The number of nitro groups is 1. The summed E-state index contributed by atoms with van der Waals surface area (Å²) in [6, 6.07) is 5.82. The summed E-state index contributed by atoms with van der Waals surface area (Å²) in [4.78, 5) is 20.8. The van der Waals surface area contributed by atoms with Crippen molar-refractivity contribution in [3.63, 3.8) is 0 Å². The molecule has 0 heterocycles. The topological polar surface area (TPSA) is 80.4 Å². The van der Waals surface area contributed by atoms with Crippen LogP contribution in [0, 0.1) is 10.1 Å². The Bertz CT molecular complexity index is 522. The molecule has 0 aliphatic carbocycles. The largest absolute Gasteiger partial charge is 0.504 e. The van der Waals surface area contributed by atoms with Gasteiger partial charge in [0.25, 0.3) is 5.69 Å². The van der Waals surface area contributed by atoms with Gasteiger partial charge in [0.05, 0.1) is 16.1 Å². The Kier molecular flexibility index (Phi) is 1.60. The molecule has 1 N–H and O–H groups in total. The third-order valence-corrected chi connectivity index (χ3v) is 1.99. The summed E-state index contributed by atoms with van der Waals surface area (Å²) in [7, 11) is 0. The zero-order valence-corrected chi connectivity index (χ0v) is 6.93. The summed E-state index contributed by atoms with van der Waals surface area (Å²) in [6.45, 7) is 0. The van der Waals surface area contributed by atoms with Crippen molar-refractivity contribution >= 4 is 5.69 Å². The molecule has 0 spiro atoms. The lowest BCUT2D eigenvalue weighted by Crippen LogP contribution is -1.90. The van der Waals surface area contributed by atoms with E-state index < -0.39 is 10.4 Å². The van der Waals surface area contributed by atoms with E-state index in [4.69, 9.17) is 5.11 Å². The molecular formula is C9H5NO4. The molecular weight excluding hydrogens is 186 g/mol. The quantitative estimate of drug-likeness (QED) is 0.571. The van der Waals surface area contributed by atoms with E-state index in [-0.39, 0.29) is 22.6 Å². The highest BCUT2D eigenvalue weighted by Crippen LogP contribution is 2.36. The Balaban J connectivity index is 2.59. The van der Waals surface area contributed by atoms with E-state index in [0.717, 1.165) is 0 Å². The Labute approximate surface area is 78.1 Å². The number of hydrogen-bond donors (Lipinski definition) is 1. The van der Waals surface area contributed by atoms with Crippen LogP contribution in [-0.2, 0) is 0 Å². The molecule has 0 atom stereocenters. The number of benzene rings is 1. The molecule has 5 nitrogen and oxygen atoms in total. The molecule has 0 amide bonds. The van der Waals surface area contributed by atoms with Gasteiger partial charge < -0.3 is 5.11 Å². The minimum Gasteiger partial charge on any atom is -0.504 e. The molecule has 0 fully saturated rings. The fourth-order valence-corrected chi connectivity index (χ4v) is 1.26. The van der Waals surface area contributed by atoms with Crippen LogP contribution in [0.15, 0.2) is 29.1 Å². The van der Waals surface area contributed by atoms with Gasteiger partial charge in [0.1, 0.15) is 0 Å². The van der Waals surface area contributed by atoms with Crippen LogP contribution < -0.4 is 5.43 Å². The lowest BCUT2D eigenvalue weighted by molar-refractivity contribution is -0.384. The van der Waals surface area contributed by atoms with Crippen LogP contribution in [0.2, 0.25) is 0 Å². The van der Waals surface area contributed by atoms with Crippen LogP contribution in [0.1, 0.15) is 0 Å². The van der Waals surface area contributed by atoms with Crippen molar-refractivity contribution in [1.82, 2.24) is 0 Å². The molecule has 2 aromatic carbocycles. The second-order valence-electron chi connectivity index (χ2n) is 2.83. The highest BCUT2D eigenvalue weighted by molar-refractivity contribution is 5.85. The molecule has 0 unspecified atom stereocenters. The molecule has 0 saturated heterocycles. The predicted octanol–water partition coefficient (Wildman–Crippen LogP) is 1.20. The summed E-state index contributed by atoms with van der Waals surface area (Å²) in [6.07, 6.45) is 0. The minimum atomic E-state index is -0.582. The van der Waals surface area contributed by atoms with Crippen molar-refractivity contribution < 1.29 is 10.0 Å². The van der Waals surface area contributed by atoms with Gasteiger partial charge in [0, 0.05) is 6.07 Å². The maximum atomic E-state index is 10.8. The van der Waals surface area contributed by atoms with Gasteiger partial charge in [-0.25, -0.2) is 0 Å². The SMILES string of the molecule is O=c1c(O)c1-c1ccccc1[N+](=O)[O-]. The van der Waals surface area contributed by atoms with Crippen molar-refractivity contribution in [3.8, 4) is 16.9 Å². The Morgan fingerprint density at radius 2 is 1.86 bits per heavy atom. The number of para-hydroxylation sites is 1. The average Bonchev–Trinajstić information content (AvgIpc) is 2.75. The Morgan fingerprint density at radius 1 is 1.29 bits per heavy atom. The second-order valence-corrected chi connectivity index (χ2v) is 2.83. The minimum absolute atomic E-state index is 0.0531. The van der Waals surface area contributed by atoms with Crippen LogP contribution in [0.5, 0.6) is 5.75 Å². The molecule has 5 heteroatoms. The fourth-order valence-electron chi connectivity index (χ4n) is 1.26. The molecule has 2 rings (SSSR count). The van der Waals surface area contributed by atoms with E-state index in [1.807, 2.05) is 0 Å². The predicted molar refractivity (Wildman–Crippen MR) is 48.8 cm³/mol. The van der Waals surface area contributed by atoms with Crippen molar-refractivity contribution in [2.24, 2.45) is 0 Å². The first-order chi connectivity index (χ1) is 6.63. The van der Waals surface area contributed by atoms with Crippen LogP contribution in [-0.4, -0.2) is 10.0 Å². The Morgan fingerprint density at radius 3 is 2.36 bits per heavy atom. The summed E-state index contributed by atoms with van der Waals surface area (Å²) < 4.78 is 0. The highest BCUT2D eigenvalue weighted by Gasteiger charge is 2.28. The molecule has 14 heavy (non-hydrogen) atoms. The van der Waals surface area contributed by atoms with Crippen molar-refractivity contribution in [3.05, 3.63) is 44.6 Å². The van der Waals surface area contributed by atoms with Crippen LogP contribution >= 0.6 is 0 Å². The number of nitrogens with zero attached hydrogens (tertiary/aromatic N) is 1. The molecule has 0 aromatic heterocycles. The fraction of sp³-hybridized carbons (Fsp3) is 0. The average molecular weight is 191 g/mol. The third kappa shape index (κ3) is 1.06. The van der Waals surface area contributed by atoms with Crippen molar-refractivity contribution in [1.29, 1.82) is 0 Å². The summed E-state index contributed by atoms with van der Waals surface area (Å²) in [5, 5.41) is 19.5. The van der Waals surface area contributed by atoms with Gasteiger partial charge in [0.2, 0.25) is 5.43 Å². The van der Waals surface area contributed by atoms with Crippen molar-refractivity contribution in [2.45, 2.75) is 0 Å². The van der Waals surface area contributed by atoms with Crippen LogP contribution in [0.3, 0.4) is 0 Å². The van der Waals surface area contributed by atoms with Gasteiger partial charge in [-0.05, 0) is 6.07 Å². The third-order valence-electron chi connectivity index (χ3n) is 1.99. The lowest BCUT2D eigenvalue weighted by atomic mass is 10.1. The molecule has 0 aliphatic heterocycles. The summed E-state index contributed by atoms with van der Waals surface area (Å²) in [5.74, 6) is -0.376. The number of rotatable bonds is 2. The monoisotopic (exact) mass is 191 g/mol. The van der Waals surface area contributed by atoms with E-state index in [1.165, 1.54) is 18.2 Å². The first-order valence-corrected chi connectivity index (χ1v) is 3.84. The molecule has 0 radical (unpaired) electrons. The molecule has 70 valence electrons. The maximum Gasteiger partial charge on any atom is 0.277 e. The first-order valence-electron chi connectivity index (χ1n) is 3.84. The van der Waals surface area contributed by atoms with Crippen LogP contribution in [0.4, 0.5) is 5.69 Å². The van der Waals surface area contributed by atoms with Crippen LogP contribution in [0.25, 0.3) is 11.1 Å². The number of aromatic hydroxyl groups is 1. The van der Waals surface area contributed by atoms with Gasteiger partial charge in [0.15, 0.2) is 5.75 Å². The summed E-state index contributed by atoms with van der Waals surface area (Å²) >= 11 is 0. The van der Waals surface area contributed by atoms with Gasteiger partial charge in [-0.2, -0.15) is 0 Å². The normalized spacial score (nSPS) is 10.6. The number of nitro benzene ring substituents is 1. The first kappa shape index (κ1) is 8.43. The molecule has 2 aromatic rings. The molecule has 0 bridgehead atoms. The standard InChI is InChI=1S/C9H5NO4/c11-8-7(9(8)12)5-3-1-2-4-6(5)10(13)14/h1-4,11H. The van der Waals surface area contributed by atoms with Gasteiger partial charge >= 0.3 is 0 Å². The summed E-state index contributed by atoms with van der Waals surface area (Å²) in [5.41, 5.74) is -0.448. The van der Waals surface area contributed by atoms with Gasteiger partial charge in [-0.15, -0.1) is 0 Å². The van der Waals surface area contributed by atoms with Crippen molar-refractivity contribution in [2.75, 3.05) is 0 Å². The zero-order chi connectivity index (χ0) is 10.3. The smallest absolute Gasteiger partial charge is 0.277 e. The zero-order valence-electron chi connectivity index (χ0n) is 6.93. The van der Waals surface area contributed by atoms with E-state index in [9.17, 15) is 14.9 Å². The van der Waals surface area contributed by atoms with E-state index >= 15 is 0 Å². The van der Waals surface area contributed by atoms with E-state index in [2.05, 4.69) is 0 Å².